The molecule has 12 heteroatoms. The van der Waals surface area contributed by atoms with Crippen molar-refractivity contribution >= 4 is 35.0 Å². The molecule has 0 saturated heterocycles. The van der Waals surface area contributed by atoms with Gasteiger partial charge in [0, 0.05) is 22.8 Å². The summed E-state index contributed by atoms with van der Waals surface area (Å²) in [5.41, 5.74) is 8.16. The standard InChI is InChI=1S/C26H22ClN5O5S/c1-13(2)36-26(33)23-21(12-38-25-15(10-28)8-14-4-3-5-20(14)31-25)37-24(30)18(11-29)22(23)17-9-16(32(34)35)6-7-19(17)27/h6-9,13,22H,3-5,12,30H2,1-2H3. The minimum atomic E-state index is -1.17. The fourth-order valence-corrected chi connectivity index (χ4v) is 5.52. The number of allylic oxidation sites excluding steroid dienone is 1. The number of rotatable bonds is 7. The number of benzene rings is 1. The summed E-state index contributed by atoms with van der Waals surface area (Å²) < 4.78 is 11.2. The van der Waals surface area contributed by atoms with Crippen molar-refractivity contribution < 1.29 is 19.2 Å². The molecule has 1 aliphatic carbocycles. The van der Waals surface area contributed by atoms with Crippen LogP contribution in [0.25, 0.3) is 0 Å². The van der Waals surface area contributed by atoms with Gasteiger partial charge in [0.05, 0.1) is 33.8 Å². The molecule has 1 aliphatic heterocycles. The van der Waals surface area contributed by atoms with E-state index in [0.717, 1.165) is 30.5 Å². The van der Waals surface area contributed by atoms with Crippen LogP contribution in [0.1, 0.15) is 48.6 Å². The van der Waals surface area contributed by atoms with Gasteiger partial charge in [-0.15, -0.1) is 0 Å². The number of nitrogens with two attached hydrogens (primary N) is 1. The molecule has 2 N–H and O–H groups in total. The molecule has 0 radical (unpaired) electrons. The van der Waals surface area contributed by atoms with Gasteiger partial charge >= 0.3 is 5.97 Å². The summed E-state index contributed by atoms with van der Waals surface area (Å²) in [6.45, 7) is 3.32. The summed E-state index contributed by atoms with van der Waals surface area (Å²) in [6.07, 6.45) is 2.13. The Kier molecular flexibility index (Phi) is 7.91. The van der Waals surface area contributed by atoms with E-state index >= 15 is 0 Å². The predicted molar refractivity (Wildman–Crippen MR) is 139 cm³/mol. The van der Waals surface area contributed by atoms with E-state index in [-0.39, 0.29) is 44.8 Å². The number of fused-ring (bicyclic) bond motifs is 1. The highest BCUT2D eigenvalue weighted by Crippen LogP contribution is 2.44. The van der Waals surface area contributed by atoms with Gasteiger partial charge in [0.1, 0.15) is 28.5 Å². The van der Waals surface area contributed by atoms with Gasteiger partial charge in [0.25, 0.3) is 5.69 Å². The van der Waals surface area contributed by atoms with Crippen molar-refractivity contribution in [1.29, 1.82) is 10.5 Å². The van der Waals surface area contributed by atoms with Crippen LogP contribution >= 0.6 is 23.4 Å². The van der Waals surface area contributed by atoms with Crippen molar-refractivity contribution in [1.82, 2.24) is 4.98 Å². The molecule has 2 aromatic rings. The van der Waals surface area contributed by atoms with Gasteiger partial charge in [-0.2, -0.15) is 10.5 Å². The maximum atomic E-state index is 13.4. The van der Waals surface area contributed by atoms with Crippen LogP contribution < -0.4 is 5.73 Å². The third kappa shape index (κ3) is 5.30. The van der Waals surface area contributed by atoms with E-state index in [2.05, 4.69) is 11.1 Å². The monoisotopic (exact) mass is 551 g/mol. The van der Waals surface area contributed by atoms with Gasteiger partial charge in [-0.05, 0) is 56.4 Å². The number of aryl methyl sites for hydroxylation is 2. The third-order valence-electron chi connectivity index (χ3n) is 6.04. The maximum absolute atomic E-state index is 13.4. The van der Waals surface area contributed by atoms with Crippen molar-refractivity contribution in [3.05, 3.63) is 84.6 Å². The number of nitro benzene ring substituents is 1. The number of carbonyl (C=O) groups excluding carboxylic acids is 1. The molecule has 1 unspecified atom stereocenters. The minimum absolute atomic E-state index is 0.0193. The molecular formula is C26H22ClN5O5S. The van der Waals surface area contributed by atoms with Crippen LogP contribution in [0.2, 0.25) is 5.02 Å². The summed E-state index contributed by atoms with van der Waals surface area (Å²) in [5, 5.41) is 31.6. The predicted octanol–water partition coefficient (Wildman–Crippen LogP) is 4.81. The van der Waals surface area contributed by atoms with Crippen molar-refractivity contribution in [2.75, 3.05) is 5.75 Å². The SMILES string of the molecule is CC(C)OC(=O)C1=C(CSc2nc3c(cc2C#N)CCC3)OC(N)=C(C#N)C1c1cc([N+](=O)[O-])ccc1Cl. The normalized spacial score (nSPS) is 16.5. The Morgan fingerprint density at radius 1 is 1.34 bits per heavy atom. The number of esters is 1. The molecule has 0 fully saturated rings. The smallest absolute Gasteiger partial charge is 0.338 e. The van der Waals surface area contributed by atoms with E-state index < -0.39 is 22.9 Å². The number of aromatic nitrogens is 1. The first kappa shape index (κ1) is 27.0. The Balaban J connectivity index is 1.84. The van der Waals surface area contributed by atoms with Crippen LogP contribution in [0.15, 0.2) is 52.1 Å². The van der Waals surface area contributed by atoms with Gasteiger partial charge in [-0.3, -0.25) is 10.1 Å². The Bertz CT molecular complexity index is 1490. The second-order valence-corrected chi connectivity index (χ2v) is 10.3. The van der Waals surface area contributed by atoms with Crippen LogP contribution in [-0.2, 0) is 27.1 Å². The van der Waals surface area contributed by atoms with E-state index in [1.807, 2.05) is 12.1 Å². The Hall–Kier alpha value is -4.06. The number of nitrogens with zero attached hydrogens (tertiary/aromatic N) is 4. The lowest BCUT2D eigenvalue weighted by Gasteiger charge is -2.29. The molecule has 38 heavy (non-hydrogen) atoms. The first-order valence-corrected chi connectivity index (χ1v) is 13.0. The number of hydrogen-bond acceptors (Lipinski definition) is 10. The number of hydrogen-bond donors (Lipinski definition) is 1. The lowest BCUT2D eigenvalue weighted by molar-refractivity contribution is -0.384. The Morgan fingerprint density at radius 2 is 2.11 bits per heavy atom. The highest BCUT2D eigenvalue weighted by atomic mass is 35.5. The van der Waals surface area contributed by atoms with Crippen molar-refractivity contribution in [3.63, 3.8) is 0 Å². The number of non-ortho nitro benzene ring substituents is 1. The lowest BCUT2D eigenvalue weighted by Crippen LogP contribution is -2.28. The molecular weight excluding hydrogens is 530 g/mol. The van der Waals surface area contributed by atoms with Gasteiger partial charge in [-0.1, -0.05) is 23.4 Å². The van der Waals surface area contributed by atoms with E-state index in [1.165, 1.54) is 30.0 Å². The van der Waals surface area contributed by atoms with Crippen LogP contribution in [0, 0.1) is 32.8 Å². The zero-order chi connectivity index (χ0) is 27.6. The number of halogens is 1. The van der Waals surface area contributed by atoms with E-state index in [0.29, 0.717) is 10.6 Å². The molecule has 2 heterocycles. The zero-order valence-corrected chi connectivity index (χ0v) is 22.1. The van der Waals surface area contributed by atoms with Crippen LogP contribution in [0.3, 0.4) is 0 Å². The van der Waals surface area contributed by atoms with E-state index in [1.54, 1.807) is 13.8 Å². The van der Waals surface area contributed by atoms with Gasteiger partial charge in [0.2, 0.25) is 5.88 Å². The zero-order valence-electron chi connectivity index (χ0n) is 20.5. The summed E-state index contributed by atoms with van der Waals surface area (Å²) in [7, 11) is 0. The fraction of sp³-hybridized carbons (Fsp3) is 0.308. The van der Waals surface area contributed by atoms with Gasteiger partial charge in [0.15, 0.2) is 0 Å². The van der Waals surface area contributed by atoms with E-state index in [9.17, 15) is 25.4 Å². The molecule has 1 aromatic carbocycles. The van der Waals surface area contributed by atoms with Crippen molar-refractivity contribution in [2.45, 2.75) is 50.2 Å². The summed E-state index contributed by atoms with van der Waals surface area (Å²) in [6, 6.07) is 9.69. The molecule has 0 amide bonds. The molecule has 194 valence electrons. The molecule has 0 bridgehead atoms. The van der Waals surface area contributed by atoms with Gasteiger partial charge < -0.3 is 15.2 Å². The number of nitro groups is 1. The Morgan fingerprint density at radius 3 is 2.76 bits per heavy atom. The summed E-state index contributed by atoms with van der Waals surface area (Å²) in [4.78, 5) is 28.9. The molecule has 1 atom stereocenters. The second-order valence-electron chi connectivity index (χ2n) is 8.88. The summed E-state index contributed by atoms with van der Waals surface area (Å²) in [5.74, 6) is -2.13. The molecule has 0 spiro atoms. The minimum Gasteiger partial charge on any atom is -0.459 e. The highest BCUT2D eigenvalue weighted by Gasteiger charge is 2.39. The number of ether oxygens (including phenoxy) is 2. The molecule has 1 aromatic heterocycles. The van der Waals surface area contributed by atoms with Crippen LogP contribution in [-0.4, -0.2) is 27.7 Å². The lowest BCUT2D eigenvalue weighted by atomic mass is 9.83. The molecule has 2 aliphatic rings. The molecule has 10 nitrogen and oxygen atoms in total. The number of nitriles is 2. The molecule has 4 rings (SSSR count). The third-order valence-corrected chi connectivity index (χ3v) is 7.37. The second kappa shape index (κ2) is 11.1. The average molecular weight is 552 g/mol. The average Bonchev–Trinajstić information content (AvgIpc) is 3.33. The quantitative estimate of drug-likeness (QED) is 0.218. The first-order valence-electron chi connectivity index (χ1n) is 11.7. The summed E-state index contributed by atoms with van der Waals surface area (Å²) >= 11 is 7.61. The van der Waals surface area contributed by atoms with E-state index in [4.69, 9.17) is 26.8 Å². The Labute approximate surface area is 227 Å². The highest BCUT2D eigenvalue weighted by molar-refractivity contribution is 7.99. The molecule has 0 saturated carbocycles. The van der Waals surface area contributed by atoms with Gasteiger partial charge in [-0.25, -0.2) is 9.78 Å². The van der Waals surface area contributed by atoms with Crippen LogP contribution in [0.4, 0.5) is 5.69 Å². The van der Waals surface area contributed by atoms with Crippen molar-refractivity contribution in [2.24, 2.45) is 5.73 Å². The number of pyridine rings is 1. The topological polar surface area (TPSA) is 165 Å². The number of thioether (sulfide) groups is 1. The maximum Gasteiger partial charge on any atom is 0.338 e. The van der Waals surface area contributed by atoms with Crippen LogP contribution in [0.5, 0.6) is 0 Å². The fourth-order valence-electron chi connectivity index (χ4n) is 4.38. The largest absolute Gasteiger partial charge is 0.459 e. The van der Waals surface area contributed by atoms with Crippen molar-refractivity contribution in [3.8, 4) is 12.1 Å². The first-order chi connectivity index (χ1) is 18.1. The number of carbonyl (C=O) groups is 1.